The van der Waals surface area contributed by atoms with Crippen LogP contribution in [0.2, 0.25) is 0 Å². The van der Waals surface area contributed by atoms with E-state index in [9.17, 15) is 18.0 Å². The molecular weight excluding hydrogens is 297 g/mol. The fourth-order valence-corrected chi connectivity index (χ4v) is 4.74. The van der Waals surface area contributed by atoms with Crippen molar-refractivity contribution in [3.8, 4) is 0 Å². The van der Waals surface area contributed by atoms with Crippen LogP contribution < -0.4 is 0 Å². The molecule has 0 aromatic carbocycles. The number of fused-ring (bicyclic) bond motifs is 2. The van der Waals surface area contributed by atoms with Crippen molar-refractivity contribution in [1.29, 1.82) is 0 Å². The Hall–Kier alpha value is -0.780. The lowest BCUT2D eigenvalue weighted by Crippen LogP contribution is -2.53. The first-order chi connectivity index (χ1) is 10.3. The Morgan fingerprint density at radius 2 is 1.95 bits per heavy atom. The highest BCUT2D eigenvalue weighted by molar-refractivity contribution is 5.79. The van der Waals surface area contributed by atoms with E-state index in [0.29, 0.717) is 19.4 Å². The molecule has 22 heavy (non-hydrogen) atoms. The van der Waals surface area contributed by atoms with Gasteiger partial charge in [-0.15, -0.1) is 0 Å². The summed E-state index contributed by atoms with van der Waals surface area (Å²) < 4.78 is 52.0. The highest BCUT2D eigenvalue weighted by Crippen LogP contribution is 2.66. The lowest BCUT2D eigenvalue weighted by Gasteiger charge is -2.42. The molecule has 3 fully saturated rings. The van der Waals surface area contributed by atoms with E-state index in [1.807, 2.05) is 13.8 Å². The van der Waals surface area contributed by atoms with Crippen LogP contribution in [0.5, 0.6) is 0 Å². The molecule has 2 bridgehead atoms. The van der Waals surface area contributed by atoms with Gasteiger partial charge in [0.15, 0.2) is 5.41 Å². The van der Waals surface area contributed by atoms with Gasteiger partial charge in [0.1, 0.15) is 0 Å². The largest absolute Gasteiger partial charge is 0.435 e. The zero-order chi connectivity index (χ0) is 16.1. The fourth-order valence-electron chi connectivity index (χ4n) is 4.74. The molecule has 0 amide bonds. The van der Waals surface area contributed by atoms with E-state index in [1.54, 1.807) is 0 Å². The molecule has 6 heteroatoms. The third-order valence-corrected chi connectivity index (χ3v) is 6.23. The molecule has 3 aliphatic rings. The number of carbonyl (C=O) groups excluding carboxylic acids is 1. The van der Waals surface area contributed by atoms with Crippen molar-refractivity contribution < 1.29 is 27.4 Å². The van der Waals surface area contributed by atoms with Gasteiger partial charge in [-0.3, -0.25) is 4.79 Å². The molecular formula is C16H23F3O3. The molecule has 2 aliphatic carbocycles. The maximum atomic E-state index is 13.8. The van der Waals surface area contributed by atoms with Gasteiger partial charge < -0.3 is 9.47 Å². The number of hydrogen-bond donors (Lipinski definition) is 0. The molecule has 2 saturated carbocycles. The first-order valence-corrected chi connectivity index (χ1v) is 8.17. The van der Waals surface area contributed by atoms with E-state index in [4.69, 9.17) is 9.47 Å². The second-order valence-electron chi connectivity index (χ2n) is 7.20. The molecule has 6 unspecified atom stereocenters. The van der Waals surface area contributed by atoms with Crippen molar-refractivity contribution >= 4 is 5.97 Å². The van der Waals surface area contributed by atoms with Crippen LogP contribution >= 0.6 is 0 Å². The van der Waals surface area contributed by atoms with Crippen molar-refractivity contribution in [3.63, 3.8) is 0 Å². The first kappa shape index (κ1) is 16.1. The predicted molar refractivity (Wildman–Crippen MR) is 72.7 cm³/mol. The molecule has 1 saturated heterocycles. The summed E-state index contributed by atoms with van der Waals surface area (Å²) in [4.78, 5) is 12.5. The average molecular weight is 320 g/mol. The Balaban J connectivity index is 1.83. The summed E-state index contributed by atoms with van der Waals surface area (Å²) >= 11 is 0. The molecule has 126 valence electrons. The van der Waals surface area contributed by atoms with E-state index < -0.39 is 29.8 Å². The maximum absolute atomic E-state index is 13.8. The molecule has 0 radical (unpaired) electrons. The quantitative estimate of drug-likeness (QED) is 0.724. The van der Waals surface area contributed by atoms with Crippen molar-refractivity contribution in [2.24, 2.45) is 29.1 Å². The summed E-state index contributed by atoms with van der Waals surface area (Å²) in [5.74, 6) is -1.69. The summed E-state index contributed by atoms with van der Waals surface area (Å²) in [5, 5.41) is 0. The average Bonchev–Trinajstić information content (AvgIpc) is 2.98. The second-order valence-corrected chi connectivity index (χ2v) is 7.20. The van der Waals surface area contributed by atoms with E-state index >= 15 is 0 Å². The van der Waals surface area contributed by atoms with Crippen molar-refractivity contribution in [2.75, 3.05) is 6.61 Å². The first-order valence-electron chi connectivity index (χ1n) is 8.17. The van der Waals surface area contributed by atoms with Gasteiger partial charge in [-0.25, -0.2) is 0 Å². The highest BCUT2D eigenvalue weighted by Gasteiger charge is 2.73. The molecule has 0 N–H and O–H groups in total. The minimum atomic E-state index is -4.56. The van der Waals surface area contributed by atoms with Gasteiger partial charge in [0.05, 0.1) is 6.61 Å². The molecule has 0 aromatic heterocycles. The normalized spacial score (nSPS) is 45.0. The van der Waals surface area contributed by atoms with Crippen molar-refractivity contribution in [1.82, 2.24) is 0 Å². The maximum Gasteiger partial charge on any atom is 0.405 e. The Labute approximate surface area is 128 Å². The number of rotatable bonds is 2. The summed E-state index contributed by atoms with van der Waals surface area (Å²) in [7, 11) is 0. The van der Waals surface area contributed by atoms with Crippen LogP contribution in [0.15, 0.2) is 0 Å². The lowest BCUT2D eigenvalue weighted by atomic mass is 9.65. The fraction of sp³-hybridized carbons (Fsp3) is 0.938. The van der Waals surface area contributed by atoms with Crippen LogP contribution in [-0.4, -0.2) is 25.0 Å². The highest BCUT2D eigenvalue weighted by atomic mass is 19.4. The van der Waals surface area contributed by atoms with Gasteiger partial charge in [-0.2, -0.15) is 13.2 Å². The van der Waals surface area contributed by atoms with E-state index in [1.165, 1.54) is 0 Å². The number of carbonyl (C=O) groups is 1. The molecule has 0 aromatic rings. The van der Waals surface area contributed by atoms with Crippen LogP contribution in [0.1, 0.15) is 46.0 Å². The van der Waals surface area contributed by atoms with Gasteiger partial charge in [0.2, 0.25) is 6.29 Å². The monoisotopic (exact) mass is 320 g/mol. The van der Waals surface area contributed by atoms with Gasteiger partial charge in [-0.1, -0.05) is 13.8 Å². The standard InChI is InChI=1S/C16H23F3O3/c1-9-10(2)12-7-11(9)8-15(12,16(17,18)19)14(20)22-13-5-3-4-6-21-13/h9-13H,3-8H2,1-2H3. The van der Waals surface area contributed by atoms with Crippen LogP contribution in [0.3, 0.4) is 0 Å². The number of ether oxygens (including phenoxy) is 2. The van der Waals surface area contributed by atoms with E-state index in [2.05, 4.69) is 0 Å². The summed E-state index contributed by atoms with van der Waals surface area (Å²) in [5.41, 5.74) is -2.33. The predicted octanol–water partition coefficient (Wildman–Crippen LogP) is 3.92. The number of halogens is 3. The SMILES string of the molecule is CC1C2CC(C1C)C(C(=O)OC1CCCCO1)(C(F)(F)F)C2. The smallest absolute Gasteiger partial charge is 0.405 e. The lowest BCUT2D eigenvalue weighted by molar-refractivity contribution is -0.266. The third-order valence-electron chi connectivity index (χ3n) is 6.23. The van der Waals surface area contributed by atoms with E-state index in [-0.39, 0.29) is 24.2 Å². The molecule has 6 atom stereocenters. The molecule has 1 aliphatic heterocycles. The van der Waals surface area contributed by atoms with Gasteiger partial charge in [-0.05, 0) is 49.4 Å². The topological polar surface area (TPSA) is 35.5 Å². The van der Waals surface area contributed by atoms with Crippen LogP contribution in [-0.2, 0) is 14.3 Å². The van der Waals surface area contributed by atoms with Crippen molar-refractivity contribution in [3.05, 3.63) is 0 Å². The van der Waals surface area contributed by atoms with E-state index in [0.717, 1.165) is 12.8 Å². The zero-order valence-corrected chi connectivity index (χ0v) is 13.0. The number of alkyl halides is 3. The third kappa shape index (κ3) is 2.25. The molecule has 3 nitrogen and oxygen atoms in total. The van der Waals surface area contributed by atoms with Gasteiger partial charge >= 0.3 is 12.1 Å². The van der Waals surface area contributed by atoms with Crippen LogP contribution in [0.4, 0.5) is 13.2 Å². The molecule has 3 rings (SSSR count). The minimum absolute atomic E-state index is 0.0403. The Kier molecular flexibility index (Phi) is 3.94. The van der Waals surface area contributed by atoms with Gasteiger partial charge in [0, 0.05) is 6.42 Å². The Morgan fingerprint density at radius 3 is 2.45 bits per heavy atom. The van der Waals surface area contributed by atoms with Crippen molar-refractivity contribution in [2.45, 2.75) is 58.4 Å². The molecule has 1 heterocycles. The Bertz CT molecular complexity index is 442. The Morgan fingerprint density at radius 1 is 1.23 bits per heavy atom. The van der Waals surface area contributed by atoms with Gasteiger partial charge in [0.25, 0.3) is 0 Å². The van der Waals surface area contributed by atoms with Crippen LogP contribution in [0, 0.1) is 29.1 Å². The van der Waals surface area contributed by atoms with Crippen LogP contribution in [0.25, 0.3) is 0 Å². The second kappa shape index (κ2) is 5.39. The summed E-state index contributed by atoms with van der Waals surface area (Å²) in [6.07, 6.45) is -2.87. The summed E-state index contributed by atoms with van der Waals surface area (Å²) in [6.45, 7) is 4.26. The number of esters is 1. The molecule has 0 spiro atoms. The zero-order valence-electron chi connectivity index (χ0n) is 13.0. The summed E-state index contributed by atoms with van der Waals surface area (Å²) in [6, 6.07) is 0. The number of hydrogen-bond acceptors (Lipinski definition) is 3. The minimum Gasteiger partial charge on any atom is -0.435 e.